The molecule has 2 N–H and O–H groups in total. The second-order valence-electron chi connectivity index (χ2n) is 7.79. The fraction of sp³-hybridized carbons (Fsp3) is 0.233. The first kappa shape index (κ1) is 29.9. The van der Waals surface area contributed by atoms with Crippen LogP contribution in [0.5, 0.6) is 11.5 Å². The summed E-state index contributed by atoms with van der Waals surface area (Å²) in [6.45, 7) is 4.46. The first-order valence-electron chi connectivity index (χ1n) is 11.8. The molecule has 7 nitrogen and oxygen atoms in total. The maximum Gasteiger partial charge on any atom is 0.163 e. The van der Waals surface area contributed by atoms with Gasteiger partial charge >= 0.3 is 0 Å². The van der Waals surface area contributed by atoms with Crippen molar-refractivity contribution in [2.75, 3.05) is 32.4 Å². The van der Waals surface area contributed by atoms with Gasteiger partial charge in [0, 0.05) is 23.5 Å². The number of benzene rings is 1. The van der Waals surface area contributed by atoms with Crippen molar-refractivity contribution in [2.45, 2.75) is 20.3 Å². The van der Waals surface area contributed by atoms with Crippen molar-refractivity contribution in [2.24, 2.45) is 0 Å². The molecule has 1 aromatic carbocycles. The molecule has 2 aromatic rings. The summed E-state index contributed by atoms with van der Waals surface area (Å²) in [6.07, 6.45) is 18.9. The molecule has 0 spiro atoms. The zero-order valence-corrected chi connectivity index (χ0v) is 22.8. The number of allylic oxidation sites excluding steroid dienone is 8. The third-order valence-electron chi connectivity index (χ3n) is 4.91. The number of nitrogen functional groups attached to an aromatic ring is 1. The lowest BCUT2D eigenvalue weighted by Gasteiger charge is -2.12. The molecule has 0 atom stereocenters. The number of aromatic nitrogens is 1. The van der Waals surface area contributed by atoms with Crippen molar-refractivity contribution in [1.29, 1.82) is 5.26 Å². The van der Waals surface area contributed by atoms with Crippen molar-refractivity contribution >= 4 is 28.2 Å². The molecule has 0 saturated heterocycles. The molecule has 1 heterocycles. The number of halogens is 1. The van der Waals surface area contributed by atoms with Crippen molar-refractivity contribution in [3.8, 4) is 17.6 Å². The first-order chi connectivity index (χ1) is 18.5. The topological polar surface area (TPSA) is 99.6 Å². The Labute approximate surface area is 229 Å². The number of rotatable bonds is 10. The van der Waals surface area contributed by atoms with Crippen molar-refractivity contribution in [3.63, 3.8) is 0 Å². The third-order valence-corrected chi connectivity index (χ3v) is 5.18. The van der Waals surface area contributed by atoms with Crippen LogP contribution in [0.4, 0.5) is 5.69 Å². The lowest BCUT2D eigenvalue weighted by molar-refractivity contribution is 0.277. The van der Waals surface area contributed by atoms with Crippen LogP contribution in [0.15, 0.2) is 96.0 Å². The van der Waals surface area contributed by atoms with E-state index in [-0.39, 0.29) is 0 Å². The van der Waals surface area contributed by atoms with Crippen molar-refractivity contribution < 1.29 is 18.9 Å². The molecule has 1 aliphatic carbocycles. The van der Waals surface area contributed by atoms with Crippen LogP contribution in [0.2, 0.25) is 0 Å². The summed E-state index contributed by atoms with van der Waals surface area (Å²) in [6, 6.07) is 5.49. The van der Waals surface area contributed by atoms with E-state index in [0.29, 0.717) is 51.9 Å². The lowest BCUT2D eigenvalue weighted by Crippen LogP contribution is -2.01. The van der Waals surface area contributed by atoms with Crippen molar-refractivity contribution in [3.05, 3.63) is 102 Å². The summed E-state index contributed by atoms with van der Waals surface area (Å²) >= 11 is 5.62. The molecule has 0 fully saturated rings. The smallest absolute Gasteiger partial charge is 0.163 e. The van der Waals surface area contributed by atoms with E-state index in [4.69, 9.17) is 41.5 Å². The minimum absolute atomic E-state index is 0.343. The van der Waals surface area contributed by atoms with E-state index in [9.17, 15) is 0 Å². The second kappa shape index (κ2) is 16.4. The number of nitrogens with zero attached hydrogens (tertiary/aromatic N) is 2. The summed E-state index contributed by atoms with van der Waals surface area (Å²) < 4.78 is 21.6. The highest BCUT2D eigenvalue weighted by atomic mass is 35.5. The quantitative estimate of drug-likeness (QED) is 0.117. The Morgan fingerprint density at radius 3 is 2.74 bits per heavy atom. The fourth-order valence-corrected chi connectivity index (χ4v) is 3.23. The average Bonchev–Trinajstić information content (AvgIpc) is 3.12. The second-order valence-corrected chi connectivity index (χ2v) is 8.16. The van der Waals surface area contributed by atoms with Gasteiger partial charge in [0.1, 0.15) is 18.1 Å². The van der Waals surface area contributed by atoms with Gasteiger partial charge in [-0.2, -0.15) is 5.26 Å². The van der Waals surface area contributed by atoms with Crippen LogP contribution < -0.4 is 15.2 Å². The van der Waals surface area contributed by atoms with Crippen LogP contribution in [0, 0.1) is 11.3 Å². The Bertz CT molecular complexity index is 1360. The molecular formula is C30H32ClN3O4. The Morgan fingerprint density at radius 2 is 2.05 bits per heavy atom. The van der Waals surface area contributed by atoms with Gasteiger partial charge in [-0.05, 0) is 62.3 Å². The van der Waals surface area contributed by atoms with Crippen LogP contribution in [0.1, 0.15) is 25.8 Å². The molecule has 1 aliphatic rings. The number of fused-ring (bicyclic) bond motifs is 1. The molecule has 0 radical (unpaired) electrons. The van der Waals surface area contributed by atoms with Gasteiger partial charge in [0.2, 0.25) is 0 Å². The fourth-order valence-electron chi connectivity index (χ4n) is 3.12. The van der Waals surface area contributed by atoms with Crippen molar-refractivity contribution in [1.82, 2.24) is 4.98 Å². The van der Waals surface area contributed by atoms with Gasteiger partial charge in [0.05, 0.1) is 37.6 Å². The number of ether oxygens (including phenoxy) is 4. The lowest BCUT2D eigenvalue weighted by atomic mass is 10.1. The maximum atomic E-state index is 8.96. The molecule has 8 heteroatoms. The van der Waals surface area contributed by atoms with Gasteiger partial charge in [0.15, 0.2) is 17.3 Å². The monoisotopic (exact) mass is 533 g/mol. The number of hydrogen-bond donors (Lipinski definition) is 1. The van der Waals surface area contributed by atoms with E-state index in [1.165, 1.54) is 6.20 Å². The summed E-state index contributed by atoms with van der Waals surface area (Å²) in [5.41, 5.74) is 11.5. The number of nitriles is 1. The number of hydrogen-bond acceptors (Lipinski definition) is 7. The van der Waals surface area contributed by atoms with E-state index in [1.54, 1.807) is 32.6 Å². The average molecular weight is 534 g/mol. The molecule has 0 amide bonds. The van der Waals surface area contributed by atoms with E-state index in [1.807, 2.05) is 68.5 Å². The normalized spacial score (nSPS) is 12.9. The summed E-state index contributed by atoms with van der Waals surface area (Å²) in [4.78, 5) is 4.21. The summed E-state index contributed by atoms with van der Waals surface area (Å²) in [7, 11) is 3.14. The minimum atomic E-state index is 0.343. The Kier molecular flexibility index (Phi) is 12.9. The zero-order valence-electron chi connectivity index (χ0n) is 22.0. The Morgan fingerprint density at radius 1 is 1.24 bits per heavy atom. The van der Waals surface area contributed by atoms with E-state index in [0.717, 1.165) is 17.8 Å². The molecule has 0 saturated carbocycles. The number of pyridine rings is 1. The number of nitrogens with two attached hydrogens (primary N) is 1. The third kappa shape index (κ3) is 9.25. The number of methoxy groups -OCH3 is 2. The maximum absolute atomic E-state index is 8.96. The molecule has 198 valence electrons. The van der Waals surface area contributed by atoms with E-state index < -0.39 is 0 Å². The predicted molar refractivity (Wildman–Crippen MR) is 153 cm³/mol. The number of anilines is 1. The molecule has 0 unspecified atom stereocenters. The summed E-state index contributed by atoms with van der Waals surface area (Å²) in [5, 5.41) is 9.64. The van der Waals surface area contributed by atoms with Crippen LogP contribution in [-0.2, 0) is 9.47 Å². The van der Waals surface area contributed by atoms with Gasteiger partial charge in [-0.1, -0.05) is 18.2 Å². The van der Waals surface area contributed by atoms with Crippen LogP contribution >= 0.6 is 11.6 Å². The van der Waals surface area contributed by atoms with E-state index in [2.05, 4.69) is 10.7 Å². The molecular weight excluding hydrogens is 502 g/mol. The summed E-state index contributed by atoms with van der Waals surface area (Å²) in [5.74, 6) is 3.06. The molecule has 3 rings (SSSR count). The van der Waals surface area contributed by atoms with Gasteiger partial charge in [-0.25, -0.2) is 0 Å². The number of alkyl halides is 1. The molecule has 0 aliphatic heterocycles. The highest BCUT2D eigenvalue weighted by molar-refractivity contribution is 6.17. The zero-order chi connectivity index (χ0) is 27.8. The van der Waals surface area contributed by atoms with Crippen LogP contribution in [-0.4, -0.2) is 31.7 Å². The minimum Gasteiger partial charge on any atom is -0.500 e. The molecule has 38 heavy (non-hydrogen) atoms. The SMILES string of the molecule is COc1cc2c(N)c(C#N)cnc2cc1OCCCCl.C\C=C/C=C\C(=C\OC)OC1=CC=C=CC(C)=C1. The first-order valence-corrected chi connectivity index (χ1v) is 12.4. The van der Waals surface area contributed by atoms with Crippen LogP contribution in [0.25, 0.3) is 10.9 Å². The van der Waals surface area contributed by atoms with Gasteiger partial charge in [0.25, 0.3) is 0 Å². The molecule has 0 bridgehead atoms. The standard InChI is InChI=1S/C16H18O2.C14H14ClN3O2/c1-4-5-6-11-16(13-17-3)18-15-10-8-7-9-14(2)12-15;1-19-12-5-10-11(6-13(12)20-4-2-3-15)18-8-9(7-16)14(10)17/h4-6,8-13H,1-3H3;5-6,8H,2-4H2,1H3,(H2,17,18)/b5-4-,11-6-,16-13-;. The highest BCUT2D eigenvalue weighted by Crippen LogP contribution is 2.34. The van der Waals surface area contributed by atoms with Crippen LogP contribution in [0.3, 0.4) is 0 Å². The van der Waals surface area contributed by atoms with Gasteiger partial charge in [-0.3, -0.25) is 4.98 Å². The van der Waals surface area contributed by atoms with Gasteiger partial charge < -0.3 is 24.7 Å². The Hall–Kier alpha value is -4.37. The highest BCUT2D eigenvalue weighted by Gasteiger charge is 2.12. The van der Waals surface area contributed by atoms with E-state index >= 15 is 0 Å². The predicted octanol–water partition coefficient (Wildman–Crippen LogP) is 6.88. The Balaban J connectivity index is 0.000000269. The largest absolute Gasteiger partial charge is 0.500 e. The molecule has 1 aromatic heterocycles. The van der Waals surface area contributed by atoms with Gasteiger partial charge in [-0.15, -0.1) is 17.3 Å².